The quantitative estimate of drug-likeness (QED) is 0.705. The third-order valence-electron chi connectivity index (χ3n) is 4.91. The Bertz CT molecular complexity index is 920. The first-order valence-electron chi connectivity index (χ1n) is 8.74. The summed E-state index contributed by atoms with van der Waals surface area (Å²) in [5, 5.41) is 0. The fourth-order valence-electron chi connectivity index (χ4n) is 3.62. The van der Waals surface area contributed by atoms with Gasteiger partial charge < -0.3 is 4.74 Å². The Hall–Kier alpha value is -2.08. The zero-order valence-electron chi connectivity index (χ0n) is 14.9. The van der Waals surface area contributed by atoms with E-state index in [1.165, 1.54) is 5.56 Å². The van der Waals surface area contributed by atoms with E-state index in [0.717, 1.165) is 30.7 Å². The highest BCUT2D eigenvalue weighted by Gasteiger charge is 2.23. The average molecular weight is 374 g/mol. The van der Waals surface area contributed by atoms with Crippen molar-refractivity contribution >= 4 is 23.4 Å². The Balaban J connectivity index is 0.00000196. The van der Waals surface area contributed by atoms with E-state index in [0.29, 0.717) is 13.2 Å². The molecule has 2 aromatic carbocycles. The van der Waals surface area contributed by atoms with Gasteiger partial charge in [0, 0.05) is 26.7 Å². The van der Waals surface area contributed by atoms with Gasteiger partial charge in [-0.3, -0.25) is 14.0 Å². The SMILES string of the molecule is Cl.Cn1c(=O)n(CC2CN(Cc3ccccc3)CCO2)c2ccccc21. The fraction of sp³-hybridized carbons (Fsp3) is 0.350. The van der Waals surface area contributed by atoms with Gasteiger partial charge in [0.2, 0.25) is 0 Å². The Morgan fingerprint density at radius 2 is 1.73 bits per heavy atom. The first-order chi connectivity index (χ1) is 12.2. The zero-order valence-corrected chi connectivity index (χ0v) is 15.7. The molecule has 0 amide bonds. The van der Waals surface area contributed by atoms with E-state index in [1.807, 2.05) is 41.9 Å². The van der Waals surface area contributed by atoms with Crippen LogP contribution in [0.25, 0.3) is 11.0 Å². The second kappa shape index (κ2) is 8.08. The number of rotatable bonds is 4. The van der Waals surface area contributed by atoms with Gasteiger partial charge in [-0.25, -0.2) is 4.79 Å². The van der Waals surface area contributed by atoms with Gasteiger partial charge in [-0.1, -0.05) is 42.5 Å². The number of nitrogens with zero attached hydrogens (tertiary/aromatic N) is 3. The van der Waals surface area contributed by atoms with Gasteiger partial charge in [-0.2, -0.15) is 0 Å². The van der Waals surface area contributed by atoms with Gasteiger partial charge in [0.25, 0.3) is 0 Å². The van der Waals surface area contributed by atoms with Gasteiger partial charge in [-0.15, -0.1) is 12.4 Å². The predicted molar refractivity (Wildman–Crippen MR) is 106 cm³/mol. The van der Waals surface area contributed by atoms with E-state index in [2.05, 4.69) is 29.2 Å². The van der Waals surface area contributed by atoms with Gasteiger partial charge in [-0.05, 0) is 17.7 Å². The van der Waals surface area contributed by atoms with Crippen LogP contribution in [0.15, 0.2) is 59.4 Å². The highest BCUT2D eigenvalue weighted by atomic mass is 35.5. The molecule has 1 atom stereocenters. The van der Waals surface area contributed by atoms with Gasteiger partial charge >= 0.3 is 5.69 Å². The minimum absolute atomic E-state index is 0. The number of morpholine rings is 1. The van der Waals surface area contributed by atoms with Crippen molar-refractivity contribution in [2.24, 2.45) is 7.05 Å². The Kier molecular flexibility index (Phi) is 5.81. The molecule has 1 saturated heterocycles. The number of para-hydroxylation sites is 2. The predicted octanol–water partition coefficient (Wildman–Crippen LogP) is 2.66. The standard InChI is InChI=1S/C20H23N3O2.ClH/c1-21-18-9-5-6-10-19(18)23(20(21)24)15-17-14-22(11-12-25-17)13-16-7-3-2-4-8-16;/h2-10,17H,11-15H2,1H3;1H. The summed E-state index contributed by atoms with van der Waals surface area (Å²) in [6.07, 6.45) is 0.0287. The molecule has 6 heteroatoms. The molecule has 5 nitrogen and oxygen atoms in total. The minimum atomic E-state index is 0. The first-order valence-corrected chi connectivity index (χ1v) is 8.74. The summed E-state index contributed by atoms with van der Waals surface area (Å²) < 4.78 is 9.50. The molecule has 0 bridgehead atoms. The summed E-state index contributed by atoms with van der Waals surface area (Å²) >= 11 is 0. The van der Waals surface area contributed by atoms with Crippen LogP contribution in [0.3, 0.4) is 0 Å². The van der Waals surface area contributed by atoms with Crippen LogP contribution in [0.2, 0.25) is 0 Å². The maximum Gasteiger partial charge on any atom is 0.328 e. The van der Waals surface area contributed by atoms with Gasteiger partial charge in [0.15, 0.2) is 0 Å². The molecule has 0 spiro atoms. The van der Waals surface area contributed by atoms with Crippen LogP contribution in [-0.4, -0.2) is 39.8 Å². The smallest absolute Gasteiger partial charge is 0.328 e. The van der Waals surface area contributed by atoms with Gasteiger partial charge in [0.1, 0.15) is 0 Å². The van der Waals surface area contributed by atoms with Crippen LogP contribution >= 0.6 is 12.4 Å². The summed E-state index contributed by atoms with van der Waals surface area (Å²) in [7, 11) is 1.82. The van der Waals surface area contributed by atoms with E-state index in [1.54, 1.807) is 4.57 Å². The Morgan fingerprint density at radius 3 is 2.50 bits per heavy atom. The van der Waals surface area contributed by atoms with E-state index in [4.69, 9.17) is 4.74 Å². The topological polar surface area (TPSA) is 39.4 Å². The number of hydrogen-bond acceptors (Lipinski definition) is 3. The molecule has 1 aromatic heterocycles. The molecule has 1 aliphatic rings. The lowest BCUT2D eigenvalue weighted by Crippen LogP contribution is -2.44. The molecule has 1 aliphatic heterocycles. The second-order valence-corrected chi connectivity index (χ2v) is 6.65. The van der Waals surface area contributed by atoms with Crippen LogP contribution in [0, 0.1) is 0 Å². The van der Waals surface area contributed by atoms with Crippen molar-refractivity contribution in [1.82, 2.24) is 14.0 Å². The molecular formula is C20H24ClN3O2. The van der Waals surface area contributed by atoms with Crippen molar-refractivity contribution < 1.29 is 4.74 Å². The average Bonchev–Trinajstić information content (AvgIpc) is 2.88. The molecule has 0 radical (unpaired) electrons. The van der Waals surface area contributed by atoms with Crippen molar-refractivity contribution in [3.8, 4) is 0 Å². The minimum Gasteiger partial charge on any atom is -0.374 e. The first kappa shape index (κ1) is 18.7. The number of halogens is 1. The molecule has 0 saturated carbocycles. The Labute approximate surface area is 159 Å². The number of ether oxygens (including phenoxy) is 1. The van der Waals surface area contributed by atoms with Crippen molar-refractivity contribution in [3.05, 3.63) is 70.6 Å². The fourth-order valence-corrected chi connectivity index (χ4v) is 3.62. The highest BCUT2D eigenvalue weighted by Crippen LogP contribution is 2.15. The van der Waals surface area contributed by atoms with Crippen LogP contribution in [0.4, 0.5) is 0 Å². The van der Waals surface area contributed by atoms with Crippen molar-refractivity contribution in [2.45, 2.75) is 19.2 Å². The van der Waals surface area contributed by atoms with E-state index < -0.39 is 0 Å². The molecule has 0 aliphatic carbocycles. The molecule has 4 rings (SSSR count). The Morgan fingerprint density at radius 1 is 1.04 bits per heavy atom. The lowest BCUT2D eigenvalue weighted by molar-refractivity contribution is -0.0387. The van der Waals surface area contributed by atoms with Gasteiger partial charge in [0.05, 0.1) is 30.3 Å². The van der Waals surface area contributed by atoms with Crippen LogP contribution in [0.1, 0.15) is 5.56 Å². The number of aryl methyl sites for hydroxylation is 1. The van der Waals surface area contributed by atoms with E-state index in [9.17, 15) is 4.79 Å². The number of fused-ring (bicyclic) bond motifs is 1. The summed E-state index contributed by atoms with van der Waals surface area (Å²) in [5.74, 6) is 0. The summed E-state index contributed by atoms with van der Waals surface area (Å²) in [6, 6.07) is 18.4. The molecule has 0 N–H and O–H groups in total. The largest absolute Gasteiger partial charge is 0.374 e. The summed E-state index contributed by atoms with van der Waals surface area (Å²) in [6.45, 7) is 3.98. The molecule has 1 unspecified atom stereocenters. The van der Waals surface area contributed by atoms with Crippen LogP contribution in [0.5, 0.6) is 0 Å². The molecule has 138 valence electrons. The van der Waals surface area contributed by atoms with E-state index >= 15 is 0 Å². The van der Waals surface area contributed by atoms with Crippen LogP contribution < -0.4 is 5.69 Å². The van der Waals surface area contributed by atoms with E-state index in [-0.39, 0.29) is 24.2 Å². The van der Waals surface area contributed by atoms with Crippen LogP contribution in [-0.2, 0) is 24.9 Å². The lowest BCUT2D eigenvalue weighted by atomic mass is 10.2. The highest BCUT2D eigenvalue weighted by molar-refractivity contribution is 5.85. The van der Waals surface area contributed by atoms with Crippen molar-refractivity contribution in [2.75, 3.05) is 19.7 Å². The number of imidazole rings is 1. The molecule has 26 heavy (non-hydrogen) atoms. The summed E-state index contributed by atoms with van der Waals surface area (Å²) in [5.41, 5.74) is 3.26. The molecule has 2 heterocycles. The number of hydrogen-bond donors (Lipinski definition) is 0. The number of aromatic nitrogens is 2. The number of benzene rings is 2. The molecule has 1 fully saturated rings. The zero-order chi connectivity index (χ0) is 17.2. The summed E-state index contributed by atoms with van der Waals surface area (Å²) in [4.78, 5) is 15.0. The molecular weight excluding hydrogens is 350 g/mol. The third kappa shape index (κ3) is 3.70. The van der Waals surface area contributed by atoms with Crippen molar-refractivity contribution in [3.63, 3.8) is 0 Å². The van der Waals surface area contributed by atoms with Crippen molar-refractivity contribution in [1.29, 1.82) is 0 Å². The normalized spacial score (nSPS) is 18.0. The third-order valence-corrected chi connectivity index (χ3v) is 4.91. The monoisotopic (exact) mass is 373 g/mol. The maximum atomic E-state index is 12.6. The maximum absolute atomic E-state index is 12.6. The molecule has 3 aromatic rings. The lowest BCUT2D eigenvalue weighted by Gasteiger charge is -2.33. The second-order valence-electron chi connectivity index (χ2n) is 6.65.